The van der Waals surface area contributed by atoms with Gasteiger partial charge in [-0.05, 0) is 25.1 Å². The Bertz CT molecular complexity index is 300. The van der Waals surface area contributed by atoms with E-state index < -0.39 is 11.8 Å². The second-order valence-electron chi connectivity index (χ2n) is 3.53. The number of alkyl halides is 2. The van der Waals surface area contributed by atoms with Crippen LogP contribution in [0.4, 0.5) is 8.78 Å². The van der Waals surface area contributed by atoms with Crippen LogP contribution in [0.15, 0.2) is 24.4 Å². The van der Waals surface area contributed by atoms with Crippen molar-refractivity contribution in [3.63, 3.8) is 0 Å². The van der Waals surface area contributed by atoms with E-state index in [0.717, 1.165) is 0 Å². The fourth-order valence-corrected chi connectivity index (χ4v) is 1.78. The van der Waals surface area contributed by atoms with E-state index in [-0.39, 0.29) is 6.54 Å². The number of piperidine rings is 1. The van der Waals surface area contributed by atoms with Crippen molar-refractivity contribution in [3.05, 3.63) is 30.1 Å². The lowest BCUT2D eigenvalue weighted by atomic mass is 9.90. The summed E-state index contributed by atoms with van der Waals surface area (Å²) < 4.78 is 26.9. The first-order valence-electron chi connectivity index (χ1n) is 4.69. The van der Waals surface area contributed by atoms with Gasteiger partial charge in [0.05, 0.1) is 12.5 Å². The Morgan fingerprint density at radius 3 is 2.93 bits per heavy atom. The average molecular weight is 198 g/mol. The maximum atomic E-state index is 13.5. The fraction of sp³-hybridized carbons (Fsp3) is 0.500. The molecule has 0 amide bonds. The lowest BCUT2D eigenvalue weighted by Gasteiger charge is -2.31. The second-order valence-corrected chi connectivity index (χ2v) is 3.53. The van der Waals surface area contributed by atoms with Crippen molar-refractivity contribution in [1.29, 1.82) is 0 Å². The molecule has 1 atom stereocenters. The molecule has 0 aromatic carbocycles. The van der Waals surface area contributed by atoms with E-state index in [1.54, 1.807) is 24.4 Å². The monoisotopic (exact) mass is 198 g/mol. The van der Waals surface area contributed by atoms with Crippen LogP contribution in [0.2, 0.25) is 0 Å². The van der Waals surface area contributed by atoms with Crippen molar-refractivity contribution in [3.8, 4) is 0 Å². The molecule has 0 radical (unpaired) electrons. The van der Waals surface area contributed by atoms with Crippen molar-refractivity contribution in [2.75, 3.05) is 13.1 Å². The largest absolute Gasteiger partial charge is 0.311 e. The van der Waals surface area contributed by atoms with Crippen molar-refractivity contribution in [1.82, 2.24) is 10.3 Å². The Labute approximate surface area is 81.4 Å². The molecular formula is C10H12F2N2. The molecule has 1 aliphatic heterocycles. The number of hydrogen-bond donors (Lipinski definition) is 1. The van der Waals surface area contributed by atoms with Crippen LogP contribution < -0.4 is 5.32 Å². The molecule has 2 heterocycles. The first-order chi connectivity index (χ1) is 6.70. The van der Waals surface area contributed by atoms with E-state index in [2.05, 4.69) is 10.3 Å². The van der Waals surface area contributed by atoms with Crippen LogP contribution in [0.1, 0.15) is 18.0 Å². The van der Waals surface area contributed by atoms with E-state index in [0.29, 0.717) is 18.7 Å². The summed E-state index contributed by atoms with van der Waals surface area (Å²) in [7, 11) is 0. The Morgan fingerprint density at radius 1 is 1.43 bits per heavy atom. The molecule has 2 rings (SSSR count). The Balaban J connectivity index is 2.24. The SMILES string of the molecule is FC1(F)CNCCC1c1ccccn1. The molecule has 0 saturated carbocycles. The Morgan fingerprint density at radius 2 is 2.29 bits per heavy atom. The van der Waals surface area contributed by atoms with Gasteiger partial charge in [0, 0.05) is 11.9 Å². The van der Waals surface area contributed by atoms with Gasteiger partial charge in [0.1, 0.15) is 0 Å². The molecule has 1 aromatic rings. The van der Waals surface area contributed by atoms with Gasteiger partial charge in [-0.3, -0.25) is 4.98 Å². The number of rotatable bonds is 1. The van der Waals surface area contributed by atoms with Crippen molar-refractivity contribution < 1.29 is 8.78 Å². The van der Waals surface area contributed by atoms with Crippen LogP contribution in [0.5, 0.6) is 0 Å². The molecule has 76 valence electrons. The van der Waals surface area contributed by atoms with Crippen LogP contribution in [0.3, 0.4) is 0 Å². The minimum atomic E-state index is -2.67. The zero-order valence-corrected chi connectivity index (χ0v) is 7.71. The zero-order chi connectivity index (χ0) is 10.0. The van der Waals surface area contributed by atoms with Crippen LogP contribution in [0, 0.1) is 0 Å². The van der Waals surface area contributed by atoms with Crippen molar-refractivity contribution >= 4 is 0 Å². The lowest BCUT2D eigenvalue weighted by Crippen LogP contribution is -2.44. The quantitative estimate of drug-likeness (QED) is 0.744. The smallest absolute Gasteiger partial charge is 0.268 e. The predicted molar refractivity (Wildman–Crippen MR) is 49.4 cm³/mol. The molecule has 0 spiro atoms. The molecule has 1 N–H and O–H groups in total. The minimum absolute atomic E-state index is 0.242. The number of halogens is 2. The highest BCUT2D eigenvalue weighted by molar-refractivity contribution is 5.14. The molecule has 2 nitrogen and oxygen atoms in total. The molecule has 1 saturated heterocycles. The summed E-state index contributed by atoms with van der Waals surface area (Å²) in [4.78, 5) is 3.99. The van der Waals surface area contributed by atoms with Crippen LogP contribution in [-0.4, -0.2) is 24.0 Å². The van der Waals surface area contributed by atoms with E-state index in [1.165, 1.54) is 0 Å². The van der Waals surface area contributed by atoms with E-state index in [9.17, 15) is 8.78 Å². The Kier molecular flexibility index (Phi) is 2.46. The molecule has 0 aliphatic carbocycles. The molecular weight excluding hydrogens is 186 g/mol. The highest BCUT2D eigenvalue weighted by Crippen LogP contribution is 2.36. The first kappa shape index (κ1) is 9.52. The van der Waals surface area contributed by atoms with Gasteiger partial charge in [-0.25, -0.2) is 8.78 Å². The summed E-state index contributed by atoms with van der Waals surface area (Å²) in [6.45, 7) is 0.394. The molecule has 14 heavy (non-hydrogen) atoms. The average Bonchev–Trinajstić information content (AvgIpc) is 2.18. The number of pyridine rings is 1. The highest BCUT2D eigenvalue weighted by atomic mass is 19.3. The molecule has 1 aliphatic rings. The summed E-state index contributed by atoms with van der Waals surface area (Å²) in [6.07, 6.45) is 2.01. The third kappa shape index (κ3) is 1.75. The van der Waals surface area contributed by atoms with Gasteiger partial charge in [-0.2, -0.15) is 0 Å². The van der Waals surface area contributed by atoms with Crippen LogP contribution >= 0.6 is 0 Å². The van der Waals surface area contributed by atoms with Crippen molar-refractivity contribution in [2.45, 2.75) is 18.3 Å². The maximum Gasteiger partial charge on any atom is 0.268 e. The molecule has 0 bridgehead atoms. The zero-order valence-electron chi connectivity index (χ0n) is 7.71. The summed E-state index contributed by atoms with van der Waals surface area (Å²) in [5, 5.41) is 2.70. The second kappa shape index (κ2) is 3.61. The van der Waals surface area contributed by atoms with Gasteiger partial charge in [0.15, 0.2) is 0 Å². The number of hydrogen-bond acceptors (Lipinski definition) is 2. The first-order valence-corrected chi connectivity index (χ1v) is 4.69. The number of nitrogens with zero attached hydrogens (tertiary/aromatic N) is 1. The Hall–Kier alpha value is -1.03. The minimum Gasteiger partial charge on any atom is -0.311 e. The van der Waals surface area contributed by atoms with E-state index in [4.69, 9.17) is 0 Å². The topological polar surface area (TPSA) is 24.9 Å². The summed E-state index contributed by atoms with van der Waals surface area (Å²) >= 11 is 0. The van der Waals surface area contributed by atoms with Gasteiger partial charge >= 0.3 is 0 Å². The van der Waals surface area contributed by atoms with E-state index in [1.807, 2.05) is 0 Å². The van der Waals surface area contributed by atoms with Crippen LogP contribution in [0.25, 0.3) is 0 Å². The van der Waals surface area contributed by atoms with E-state index >= 15 is 0 Å². The molecule has 1 fully saturated rings. The maximum absolute atomic E-state index is 13.5. The molecule has 4 heteroatoms. The number of nitrogens with one attached hydrogen (secondary N) is 1. The van der Waals surface area contributed by atoms with Crippen LogP contribution in [-0.2, 0) is 0 Å². The molecule has 1 aromatic heterocycles. The van der Waals surface area contributed by atoms with Gasteiger partial charge in [0.2, 0.25) is 0 Å². The number of aromatic nitrogens is 1. The van der Waals surface area contributed by atoms with Crippen molar-refractivity contribution in [2.24, 2.45) is 0 Å². The standard InChI is InChI=1S/C10H12F2N2/c11-10(12)7-13-6-4-8(10)9-3-1-2-5-14-9/h1-3,5,8,13H,4,6-7H2. The third-order valence-corrected chi connectivity index (χ3v) is 2.53. The normalized spacial score (nSPS) is 26.0. The highest BCUT2D eigenvalue weighted by Gasteiger charge is 2.42. The van der Waals surface area contributed by atoms with Gasteiger partial charge in [-0.15, -0.1) is 0 Å². The fourth-order valence-electron chi connectivity index (χ4n) is 1.78. The van der Waals surface area contributed by atoms with Gasteiger partial charge in [-0.1, -0.05) is 6.07 Å². The lowest BCUT2D eigenvalue weighted by molar-refractivity contribution is -0.0432. The third-order valence-electron chi connectivity index (χ3n) is 2.53. The predicted octanol–water partition coefficient (Wildman–Crippen LogP) is 1.79. The van der Waals surface area contributed by atoms with Gasteiger partial charge in [0.25, 0.3) is 5.92 Å². The summed E-state index contributed by atoms with van der Waals surface area (Å²) in [5.74, 6) is -3.41. The summed E-state index contributed by atoms with van der Waals surface area (Å²) in [5.41, 5.74) is 0.499. The van der Waals surface area contributed by atoms with Gasteiger partial charge < -0.3 is 5.32 Å². The summed E-state index contributed by atoms with van der Waals surface area (Å²) in [6, 6.07) is 5.16. The molecule has 1 unspecified atom stereocenters.